The third-order valence-corrected chi connectivity index (χ3v) is 2.98. The van der Waals surface area contributed by atoms with Gasteiger partial charge in [0.1, 0.15) is 5.76 Å². The van der Waals surface area contributed by atoms with Gasteiger partial charge in [0, 0.05) is 5.92 Å². The van der Waals surface area contributed by atoms with Crippen LogP contribution in [0.15, 0.2) is 54.3 Å². The van der Waals surface area contributed by atoms with Gasteiger partial charge in [-0.15, -0.1) is 0 Å². The lowest BCUT2D eigenvalue weighted by atomic mass is 9.85. The van der Waals surface area contributed by atoms with E-state index in [1.54, 1.807) is 24.3 Å². The minimum absolute atomic E-state index is 0.398. The molecule has 0 heterocycles. The van der Waals surface area contributed by atoms with Crippen LogP contribution >= 0.6 is 0 Å². The molecule has 2 rings (SSSR count). The third-order valence-electron chi connectivity index (χ3n) is 2.98. The maximum absolute atomic E-state index is 12.7. The molecular weight excluding hydrogens is 243 g/mol. The van der Waals surface area contributed by atoms with Crippen LogP contribution < -0.4 is 5.73 Å². The highest BCUT2D eigenvalue weighted by Crippen LogP contribution is 2.39. The quantitative estimate of drug-likeness (QED) is 0.758. The van der Waals surface area contributed by atoms with Crippen molar-refractivity contribution in [1.29, 1.82) is 0 Å². The predicted octanol–water partition coefficient (Wildman–Crippen LogP) is 3.04. The summed E-state index contributed by atoms with van der Waals surface area (Å²) in [6, 6.07) is 8.92. The van der Waals surface area contributed by atoms with Crippen LogP contribution in [0.5, 0.6) is 0 Å². The fourth-order valence-corrected chi connectivity index (χ4v) is 1.83. The van der Waals surface area contributed by atoms with Crippen molar-refractivity contribution in [1.82, 2.24) is 0 Å². The van der Waals surface area contributed by atoms with E-state index in [0.717, 1.165) is 17.7 Å². The minimum Gasteiger partial charge on any atom is -0.510 e. The number of alkyl halides is 3. The van der Waals surface area contributed by atoms with Crippen LogP contribution in [0.3, 0.4) is 0 Å². The van der Waals surface area contributed by atoms with Crippen LogP contribution in [0.25, 0.3) is 0 Å². The van der Waals surface area contributed by atoms with Gasteiger partial charge in [-0.05, 0) is 11.6 Å². The van der Waals surface area contributed by atoms with Crippen molar-refractivity contribution in [2.24, 2.45) is 5.73 Å². The van der Waals surface area contributed by atoms with E-state index in [0.29, 0.717) is 0 Å². The Morgan fingerprint density at radius 2 is 1.78 bits per heavy atom. The Morgan fingerprint density at radius 1 is 1.17 bits per heavy atom. The molecule has 1 aromatic rings. The van der Waals surface area contributed by atoms with Crippen molar-refractivity contribution < 1.29 is 18.3 Å². The Labute approximate surface area is 102 Å². The van der Waals surface area contributed by atoms with Gasteiger partial charge in [-0.25, -0.2) is 0 Å². The van der Waals surface area contributed by atoms with Crippen molar-refractivity contribution in [3.8, 4) is 0 Å². The first-order valence-electron chi connectivity index (χ1n) is 5.36. The maximum atomic E-state index is 12.7. The lowest BCUT2D eigenvalue weighted by Crippen LogP contribution is -2.54. The molecule has 0 fully saturated rings. The first-order chi connectivity index (χ1) is 8.34. The van der Waals surface area contributed by atoms with Gasteiger partial charge in [0.25, 0.3) is 0 Å². The number of allylic oxidation sites excluding steroid dienone is 2. The monoisotopic (exact) mass is 255 g/mol. The fraction of sp³-hybridized carbons (Fsp3) is 0.231. The Hall–Kier alpha value is -1.75. The van der Waals surface area contributed by atoms with Gasteiger partial charge in [-0.1, -0.05) is 42.5 Å². The summed E-state index contributed by atoms with van der Waals surface area (Å²) >= 11 is 0. The number of halogens is 3. The van der Waals surface area contributed by atoms with Crippen LogP contribution in [-0.4, -0.2) is 16.8 Å². The molecule has 2 nitrogen and oxygen atoms in total. The molecular formula is C13H12F3NO. The molecule has 0 spiro atoms. The van der Waals surface area contributed by atoms with E-state index in [2.05, 4.69) is 0 Å². The minimum atomic E-state index is -4.72. The van der Waals surface area contributed by atoms with E-state index in [-0.39, 0.29) is 0 Å². The summed E-state index contributed by atoms with van der Waals surface area (Å²) in [6.45, 7) is 0. The van der Waals surface area contributed by atoms with E-state index in [9.17, 15) is 18.3 Å². The molecule has 0 aliphatic heterocycles. The average Bonchev–Trinajstić information content (AvgIpc) is 2.32. The Bertz CT molecular complexity index is 493. The highest BCUT2D eigenvalue weighted by molar-refractivity contribution is 5.39. The summed E-state index contributed by atoms with van der Waals surface area (Å²) in [5.41, 5.74) is 3.21. The summed E-state index contributed by atoms with van der Waals surface area (Å²) < 4.78 is 38.2. The number of benzene rings is 1. The molecule has 1 aromatic carbocycles. The second kappa shape index (κ2) is 4.17. The van der Waals surface area contributed by atoms with E-state index < -0.39 is 23.4 Å². The molecule has 0 saturated carbocycles. The zero-order valence-corrected chi connectivity index (χ0v) is 9.35. The summed E-state index contributed by atoms with van der Waals surface area (Å²) in [4.78, 5) is 0. The maximum Gasteiger partial charge on any atom is 0.417 e. The van der Waals surface area contributed by atoms with Crippen molar-refractivity contribution in [2.45, 2.75) is 17.6 Å². The summed E-state index contributed by atoms with van der Waals surface area (Å²) in [5.74, 6) is -1.27. The smallest absolute Gasteiger partial charge is 0.417 e. The number of hydrogen-bond donors (Lipinski definition) is 2. The average molecular weight is 255 g/mol. The van der Waals surface area contributed by atoms with E-state index in [4.69, 9.17) is 5.73 Å². The number of aliphatic hydroxyl groups is 1. The summed E-state index contributed by atoms with van der Waals surface area (Å²) in [6.07, 6.45) is -1.43. The van der Waals surface area contributed by atoms with Crippen LogP contribution in [0.1, 0.15) is 11.5 Å². The number of rotatable bonds is 1. The largest absolute Gasteiger partial charge is 0.510 e. The molecule has 0 amide bonds. The number of nitrogens with two attached hydrogens (primary N) is 1. The van der Waals surface area contributed by atoms with Crippen molar-refractivity contribution in [3.05, 3.63) is 59.9 Å². The molecule has 2 unspecified atom stereocenters. The SMILES string of the molecule is NC1(C(F)(F)F)C=CC(c2ccccc2)C=C1O. The molecule has 0 bridgehead atoms. The molecule has 5 heteroatoms. The van der Waals surface area contributed by atoms with Gasteiger partial charge >= 0.3 is 6.18 Å². The standard InChI is InChI=1S/C13H12F3NO/c14-13(15,16)12(17)7-6-10(8-11(12)18)9-4-2-1-3-5-9/h1-8,10,18H,17H2. The second-order valence-electron chi connectivity index (χ2n) is 4.21. The van der Waals surface area contributed by atoms with Crippen LogP contribution in [0.4, 0.5) is 13.2 Å². The van der Waals surface area contributed by atoms with E-state index in [1.807, 2.05) is 6.07 Å². The van der Waals surface area contributed by atoms with Crippen LogP contribution in [0, 0.1) is 0 Å². The Kier molecular flexibility index (Phi) is 2.94. The lowest BCUT2D eigenvalue weighted by Gasteiger charge is -2.31. The van der Waals surface area contributed by atoms with Crippen molar-refractivity contribution >= 4 is 0 Å². The second-order valence-corrected chi connectivity index (χ2v) is 4.21. The van der Waals surface area contributed by atoms with Gasteiger partial charge in [-0.3, -0.25) is 0 Å². The molecule has 18 heavy (non-hydrogen) atoms. The highest BCUT2D eigenvalue weighted by Gasteiger charge is 2.54. The van der Waals surface area contributed by atoms with Gasteiger partial charge in [0.2, 0.25) is 0 Å². The predicted molar refractivity (Wildman–Crippen MR) is 62.0 cm³/mol. The van der Waals surface area contributed by atoms with Crippen molar-refractivity contribution in [3.63, 3.8) is 0 Å². The highest BCUT2D eigenvalue weighted by atomic mass is 19.4. The summed E-state index contributed by atoms with van der Waals surface area (Å²) in [7, 11) is 0. The van der Waals surface area contributed by atoms with Crippen molar-refractivity contribution in [2.75, 3.05) is 0 Å². The molecule has 1 aliphatic rings. The molecule has 1 aliphatic carbocycles. The third kappa shape index (κ3) is 2.01. The van der Waals surface area contributed by atoms with Gasteiger partial charge in [-0.2, -0.15) is 13.2 Å². The summed E-state index contributed by atoms with van der Waals surface area (Å²) in [5, 5.41) is 9.56. The molecule has 0 aromatic heterocycles. The Morgan fingerprint density at radius 3 is 2.28 bits per heavy atom. The molecule has 3 N–H and O–H groups in total. The van der Waals surface area contributed by atoms with Crippen LogP contribution in [-0.2, 0) is 0 Å². The molecule has 0 radical (unpaired) electrons. The van der Waals surface area contributed by atoms with Gasteiger partial charge < -0.3 is 10.8 Å². The van der Waals surface area contributed by atoms with Crippen LogP contribution in [0.2, 0.25) is 0 Å². The zero-order chi connectivity index (χ0) is 13.4. The molecule has 2 atom stereocenters. The zero-order valence-electron chi connectivity index (χ0n) is 9.35. The van der Waals surface area contributed by atoms with E-state index in [1.165, 1.54) is 6.08 Å². The number of aliphatic hydroxyl groups excluding tert-OH is 1. The topological polar surface area (TPSA) is 46.2 Å². The number of hydrogen-bond acceptors (Lipinski definition) is 2. The molecule has 0 saturated heterocycles. The first-order valence-corrected chi connectivity index (χ1v) is 5.36. The lowest BCUT2D eigenvalue weighted by molar-refractivity contribution is -0.168. The van der Waals surface area contributed by atoms with E-state index >= 15 is 0 Å². The fourth-order valence-electron chi connectivity index (χ4n) is 1.83. The van der Waals surface area contributed by atoms with Gasteiger partial charge in [0.15, 0.2) is 5.54 Å². The normalized spacial score (nSPS) is 28.0. The first kappa shape index (κ1) is 12.7. The van der Waals surface area contributed by atoms with Gasteiger partial charge in [0.05, 0.1) is 0 Å². The Balaban J connectivity index is 2.33. The molecule has 96 valence electrons.